The van der Waals surface area contributed by atoms with E-state index < -0.39 is 6.10 Å². The van der Waals surface area contributed by atoms with Crippen LogP contribution in [0.3, 0.4) is 0 Å². The van der Waals surface area contributed by atoms with Gasteiger partial charge in [0.05, 0.1) is 18.6 Å². The predicted molar refractivity (Wildman–Crippen MR) is 98.4 cm³/mol. The van der Waals surface area contributed by atoms with Gasteiger partial charge in [0, 0.05) is 19.7 Å². The number of nitrogens with zero attached hydrogens (tertiary/aromatic N) is 1. The molecule has 0 radical (unpaired) electrons. The van der Waals surface area contributed by atoms with Crippen molar-refractivity contribution >= 4 is 17.9 Å². The molecule has 1 aliphatic rings. The summed E-state index contributed by atoms with van der Waals surface area (Å²) in [7, 11) is 0. The smallest absolute Gasteiger partial charge is 0.223 e. The Morgan fingerprint density at radius 1 is 1.32 bits per heavy atom. The van der Waals surface area contributed by atoms with Crippen LogP contribution in [0.5, 0.6) is 0 Å². The second-order valence-corrected chi connectivity index (χ2v) is 7.58. The zero-order chi connectivity index (χ0) is 18.6. The summed E-state index contributed by atoms with van der Waals surface area (Å²) in [6, 6.07) is 7.53. The molecular weight excluding hydrogens is 316 g/mol. The standard InChI is InChI=1S/C20H28N2O3/c1-14(23)12-20(3,4)13-21-19(25)11-18-17-8-6-5-7-16(17)9-10-22(18)15(2)24/h5-10,14,18,23H,11-13H2,1-4H3,(H,21,25). The summed E-state index contributed by atoms with van der Waals surface area (Å²) in [5.74, 6) is -0.182. The number of aliphatic hydroxyl groups excluding tert-OH is 1. The average molecular weight is 344 g/mol. The number of benzene rings is 1. The molecule has 0 bridgehead atoms. The van der Waals surface area contributed by atoms with Gasteiger partial charge in [-0.25, -0.2) is 0 Å². The third-order valence-corrected chi connectivity index (χ3v) is 4.46. The van der Waals surface area contributed by atoms with Gasteiger partial charge in [-0.05, 0) is 36.0 Å². The van der Waals surface area contributed by atoms with E-state index >= 15 is 0 Å². The minimum absolute atomic E-state index is 0.0852. The van der Waals surface area contributed by atoms with Gasteiger partial charge in [-0.15, -0.1) is 0 Å². The highest BCUT2D eigenvalue weighted by molar-refractivity contribution is 5.81. The molecule has 0 aliphatic carbocycles. The van der Waals surface area contributed by atoms with Gasteiger partial charge >= 0.3 is 0 Å². The predicted octanol–water partition coefficient (Wildman–Crippen LogP) is 2.86. The first kappa shape index (κ1) is 19.2. The van der Waals surface area contributed by atoms with Crippen molar-refractivity contribution in [2.45, 2.75) is 52.7 Å². The second-order valence-electron chi connectivity index (χ2n) is 7.58. The van der Waals surface area contributed by atoms with Crippen LogP contribution in [0.15, 0.2) is 30.5 Å². The number of aliphatic hydroxyl groups is 1. The highest BCUT2D eigenvalue weighted by Crippen LogP contribution is 2.32. The van der Waals surface area contributed by atoms with Crippen LogP contribution < -0.4 is 5.32 Å². The van der Waals surface area contributed by atoms with E-state index in [1.807, 2.05) is 44.2 Å². The van der Waals surface area contributed by atoms with Gasteiger partial charge in [0.1, 0.15) is 0 Å². The third kappa shape index (κ3) is 5.16. The Hall–Kier alpha value is -2.14. The molecule has 2 amide bonds. The normalized spacial score (nSPS) is 17.8. The summed E-state index contributed by atoms with van der Waals surface area (Å²) >= 11 is 0. The zero-order valence-corrected chi connectivity index (χ0v) is 15.5. The molecule has 0 aromatic heterocycles. The lowest BCUT2D eigenvalue weighted by Crippen LogP contribution is -2.39. The summed E-state index contributed by atoms with van der Waals surface area (Å²) < 4.78 is 0. The average Bonchev–Trinajstić information content (AvgIpc) is 2.52. The Balaban J connectivity index is 2.07. The van der Waals surface area contributed by atoms with Crippen LogP contribution in [-0.4, -0.2) is 34.5 Å². The maximum atomic E-state index is 12.5. The Morgan fingerprint density at radius 2 is 2.00 bits per heavy atom. The molecule has 0 fully saturated rings. The summed E-state index contributed by atoms with van der Waals surface area (Å²) in [4.78, 5) is 26.1. The molecule has 2 N–H and O–H groups in total. The number of hydrogen-bond donors (Lipinski definition) is 2. The molecule has 25 heavy (non-hydrogen) atoms. The van der Waals surface area contributed by atoms with Crippen molar-refractivity contribution in [3.05, 3.63) is 41.6 Å². The van der Waals surface area contributed by atoms with Crippen LogP contribution in [0.4, 0.5) is 0 Å². The maximum Gasteiger partial charge on any atom is 0.223 e. The fourth-order valence-electron chi connectivity index (χ4n) is 3.37. The summed E-state index contributed by atoms with van der Waals surface area (Å²) in [5.41, 5.74) is 1.83. The molecule has 1 aliphatic heterocycles. The van der Waals surface area contributed by atoms with Gasteiger partial charge in [-0.1, -0.05) is 38.1 Å². The number of carbonyl (C=O) groups excluding carboxylic acids is 2. The molecule has 0 spiro atoms. The first-order valence-corrected chi connectivity index (χ1v) is 8.70. The Kier molecular flexibility index (Phi) is 6.01. The molecule has 5 heteroatoms. The first-order chi connectivity index (χ1) is 11.7. The van der Waals surface area contributed by atoms with Crippen molar-refractivity contribution in [2.75, 3.05) is 6.54 Å². The van der Waals surface area contributed by atoms with E-state index in [0.717, 1.165) is 11.1 Å². The van der Waals surface area contributed by atoms with E-state index in [-0.39, 0.29) is 29.7 Å². The zero-order valence-electron chi connectivity index (χ0n) is 15.5. The number of amides is 2. The van der Waals surface area contributed by atoms with Gasteiger partial charge in [-0.3, -0.25) is 9.59 Å². The number of hydrogen-bond acceptors (Lipinski definition) is 3. The fraction of sp³-hybridized carbons (Fsp3) is 0.500. The maximum absolute atomic E-state index is 12.5. The number of nitrogens with one attached hydrogen (secondary N) is 1. The molecule has 1 heterocycles. The number of fused-ring (bicyclic) bond motifs is 1. The highest BCUT2D eigenvalue weighted by Gasteiger charge is 2.29. The molecule has 0 saturated carbocycles. The summed E-state index contributed by atoms with van der Waals surface area (Å²) in [6.45, 7) is 7.77. The number of rotatable bonds is 6. The molecule has 2 unspecified atom stereocenters. The Labute approximate surface area is 149 Å². The SMILES string of the molecule is CC(=O)N1C=Cc2ccccc2C1CC(=O)NCC(C)(C)CC(C)O. The van der Waals surface area contributed by atoms with Gasteiger partial charge in [0.2, 0.25) is 11.8 Å². The quantitative estimate of drug-likeness (QED) is 0.834. The molecule has 136 valence electrons. The van der Waals surface area contributed by atoms with Crippen molar-refractivity contribution < 1.29 is 14.7 Å². The highest BCUT2D eigenvalue weighted by atomic mass is 16.3. The Morgan fingerprint density at radius 3 is 2.64 bits per heavy atom. The van der Waals surface area contributed by atoms with E-state index in [0.29, 0.717) is 13.0 Å². The van der Waals surface area contributed by atoms with Crippen molar-refractivity contribution in [1.29, 1.82) is 0 Å². The van der Waals surface area contributed by atoms with Crippen molar-refractivity contribution in [3.8, 4) is 0 Å². The summed E-state index contributed by atoms with van der Waals surface area (Å²) in [5, 5.41) is 12.5. The third-order valence-electron chi connectivity index (χ3n) is 4.46. The monoisotopic (exact) mass is 344 g/mol. The lowest BCUT2D eigenvalue weighted by molar-refractivity contribution is -0.130. The van der Waals surface area contributed by atoms with Crippen LogP contribution in [0.1, 0.15) is 57.7 Å². The number of carbonyl (C=O) groups is 2. The molecule has 1 aromatic rings. The van der Waals surface area contributed by atoms with E-state index in [2.05, 4.69) is 5.32 Å². The topological polar surface area (TPSA) is 69.6 Å². The molecule has 0 saturated heterocycles. The van der Waals surface area contributed by atoms with E-state index in [1.54, 1.807) is 18.0 Å². The minimum Gasteiger partial charge on any atom is -0.393 e. The summed E-state index contributed by atoms with van der Waals surface area (Å²) in [6.07, 6.45) is 4.07. The van der Waals surface area contributed by atoms with Gasteiger partial charge < -0.3 is 15.3 Å². The van der Waals surface area contributed by atoms with Crippen LogP contribution in [0, 0.1) is 5.41 Å². The minimum atomic E-state index is -0.407. The molecule has 2 rings (SSSR count). The van der Waals surface area contributed by atoms with Crippen LogP contribution in [0.25, 0.3) is 6.08 Å². The van der Waals surface area contributed by atoms with Crippen molar-refractivity contribution in [1.82, 2.24) is 10.2 Å². The molecule has 2 atom stereocenters. The van der Waals surface area contributed by atoms with Crippen LogP contribution in [-0.2, 0) is 9.59 Å². The van der Waals surface area contributed by atoms with Gasteiger partial charge in [0.15, 0.2) is 0 Å². The van der Waals surface area contributed by atoms with E-state index in [4.69, 9.17) is 0 Å². The Bertz CT molecular complexity index is 665. The molecule has 5 nitrogen and oxygen atoms in total. The van der Waals surface area contributed by atoms with Crippen molar-refractivity contribution in [3.63, 3.8) is 0 Å². The van der Waals surface area contributed by atoms with Gasteiger partial charge in [0.25, 0.3) is 0 Å². The second kappa shape index (κ2) is 7.83. The van der Waals surface area contributed by atoms with Gasteiger partial charge in [-0.2, -0.15) is 0 Å². The van der Waals surface area contributed by atoms with E-state index in [1.165, 1.54) is 6.92 Å². The van der Waals surface area contributed by atoms with Crippen LogP contribution >= 0.6 is 0 Å². The lowest BCUT2D eigenvalue weighted by Gasteiger charge is -2.33. The van der Waals surface area contributed by atoms with Crippen molar-refractivity contribution in [2.24, 2.45) is 5.41 Å². The largest absolute Gasteiger partial charge is 0.393 e. The molecular formula is C20H28N2O3. The lowest BCUT2D eigenvalue weighted by atomic mass is 9.87. The van der Waals surface area contributed by atoms with E-state index in [9.17, 15) is 14.7 Å². The molecule has 1 aromatic carbocycles. The first-order valence-electron chi connectivity index (χ1n) is 8.70. The fourth-order valence-corrected chi connectivity index (χ4v) is 3.37. The van der Waals surface area contributed by atoms with Crippen LogP contribution in [0.2, 0.25) is 0 Å².